The normalized spacial score (nSPS) is 7.89. The summed E-state index contributed by atoms with van der Waals surface area (Å²) in [4.78, 5) is 6.88. The predicted molar refractivity (Wildman–Crippen MR) is 41.7 cm³/mol. The number of nitrogens with one attached hydrogen (secondary N) is 1. The first-order chi connectivity index (χ1) is 4.43. The minimum atomic E-state index is 0.972. The van der Waals surface area contributed by atoms with E-state index in [1.807, 2.05) is 26.3 Å². The molecule has 0 bridgehead atoms. The molecule has 0 aliphatic heterocycles. The van der Waals surface area contributed by atoms with Crippen molar-refractivity contribution in [2.45, 2.75) is 19.0 Å². The first-order valence-corrected chi connectivity index (χ1v) is 4.19. The lowest BCUT2D eigenvalue weighted by Crippen LogP contribution is -1.66. The van der Waals surface area contributed by atoms with Crippen molar-refractivity contribution in [3.05, 3.63) is 12.4 Å². The molecule has 1 aromatic rings. The molecule has 0 amide bonds. The van der Waals surface area contributed by atoms with E-state index in [9.17, 15) is 0 Å². The highest BCUT2D eigenvalue weighted by Crippen LogP contribution is 2.03. The molecular weight excluding hydrogens is 132 g/mol. The molecule has 0 aliphatic carbocycles. The molecule has 0 aliphatic rings. The number of imidazole rings is 1. The Hall–Kier alpha value is -0.440. The number of aromatic amines is 1. The van der Waals surface area contributed by atoms with Crippen molar-refractivity contribution in [2.24, 2.45) is 0 Å². The SMILES string of the molecule is CC.CSc1ncc[nH]1. The van der Waals surface area contributed by atoms with Crippen molar-refractivity contribution in [1.29, 1.82) is 0 Å². The van der Waals surface area contributed by atoms with Crippen molar-refractivity contribution < 1.29 is 0 Å². The number of H-pyrrole nitrogens is 1. The lowest BCUT2D eigenvalue weighted by molar-refractivity contribution is 1.06. The van der Waals surface area contributed by atoms with Crippen LogP contribution in [0.4, 0.5) is 0 Å². The molecule has 1 heterocycles. The summed E-state index contributed by atoms with van der Waals surface area (Å²) in [6.07, 6.45) is 5.54. The summed E-state index contributed by atoms with van der Waals surface area (Å²) in [5.74, 6) is 0. The summed E-state index contributed by atoms with van der Waals surface area (Å²) in [5.41, 5.74) is 0. The largest absolute Gasteiger partial charge is 0.340 e. The number of thioether (sulfide) groups is 1. The molecule has 0 aromatic carbocycles. The third-order valence-electron chi connectivity index (χ3n) is 0.666. The van der Waals surface area contributed by atoms with Gasteiger partial charge in [-0.15, -0.1) is 0 Å². The zero-order valence-corrected chi connectivity index (χ0v) is 6.83. The average molecular weight is 144 g/mol. The van der Waals surface area contributed by atoms with E-state index in [0.29, 0.717) is 0 Å². The molecule has 0 radical (unpaired) electrons. The summed E-state index contributed by atoms with van der Waals surface area (Å²) in [6.45, 7) is 4.00. The highest BCUT2D eigenvalue weighted by Gasteiger charge is 1.83. The first-order valence-electron chi connectivity index (χ1n) is 2.97. The molecular formula is C6H12N2S. The molecule has 0 fully saturated rings. The Morgan fingerprint density at radius 2 is 2.22 bits per heavy atom. The van der Waals surface area contributed by atoms with Crippen LogP contribution in [0.15, 0.2) is 17.6 Å². The van der Waals surface area contributed by atoms with Gasteiger partial charge in [-0.05, 0) is 6.26 Å². The van der Waals surface area contributed by atoms with Gasteiger partial charge in [-0.1, -0.05) is 25.6 Å². The molecule has 0 spiro atoms. The minimum Gasteiger partial charge on any atom is -0.340 e. The monoisotopic (exact) mass is 144 g/mol. The Kier molecular flexibility index (Phi) is 5.41. The second kappa shape index (κ2) is 5.69. The Labute approximate surface area is 60.1 Å². The molecule has 0 unspecified atom stereocenters. The lowest BCUT2D eigenvalue weighted by Gasteiger charge is -1.79. The van der Waals surface area contributed by atoms with Crippen LogP contribution >= 0.6 is 11.8 Å². The molecule has 0 saturated carbocycles. The van der Waals surface area contributed by atoms with E-state index in [0.717, 1.165) is 5.16 Å². The maximum absolute atomic E-state index is 3.94. The van der Waals surface area contributed by atoms with Crippen LogP contribution < -0.4 is 0 Å². The number of rotatable bonds is 1. The van der Waals surface area contributed by atoms with Gasteiger partial charge < -0.3 is 4.98 Å². The van der Waals surface area contributed by atoms with Crippen molar-refractivity contribution in [3.8, 4) is 0 Å². The standard InChI is InChI=1S/C4H6N2S.C2H6/c1-7-4-5-2-3-6-4;1-2/h2-3H,1H3,(H,5,6);1-2H3. The van der Waals surface area contributed by atoms with Gasteiger partial charge in [-0.2, -0.15) is 0 Å². The lowest BCUT2D eigenvalue weighted by atomic mass is 11.0. The summed E-state index contributed by atoms with van der Waals surface area (Å²) in [5, 5.41) is 0.972. The second-order valence-electron chi connectivity index (χ2n) is 1.10. The Balaban J connectivity index is 0.000000291. The van der Waals surface area contributed by atoms with Crippen LogP contribution in [0.1, 0.15) is 13.8 Å². The molecule has 2 nitrogen and oxygen atoms in total. The van der Waals surface area contributed by atoms with Crippen molar-refractivity contribution >= 4 is 11.8 Å². The Bertz CT molecular complexity index is 126. The number of hydrogen-bond acceptors (Lipinski definition) is 2. The van der Waals surface area contributed by atoms with Crippen LogP contribution in [0.5, 0.6) is 0 Å². The summed E-state index contributed by atoms with van der Waals surface area (Å²) >= 11 is 1.61. The van der Waals surface area contributed by atoms with E-state index in [2.05, 4.69) is 9.97 Å². The molecule has 52 valence electrons. The Morgan fingerprint density at radius 1 is 1.56 bits per heavy atom. The van der Waals surface area contributed by atoms with E-state index < -0.39 is 0 Å². The van der Waals surface area contributed by atoms with Crippen molar-refractivity contribution in [3.63, 3.8) is 0 Å². The van der Waals surface area contributed by atoms with Crippen LogP contribution in [0, 0.1) is 0 Å². The molecule has 3 heteroatoms. The van der Waals surface area contributed by atoms with Gasteiger partial charge in [0.1, 0.15) is 0 Å². The first kappa shape index (κ1) is 8.56. The van der Waals surface area contributed by atoms with Crippen molar-refractivity contribution in [1.82, 2.24) is 9.97 Å². The van der Waals surface area contributed by atoms with E-state index >= 15 is 0 Å². The third kappa shape index (κ3) is 3.19. The van der Waals surface area contributed by atoms with Gasteiger partial charge in [-0.3, -0.25) is 0 Å². The van der Waals surface area contributed by atoms with Gasteiger partial charge in [0.2, 0.25) is 0 Å². The minimum absolute atomic E-state index is 0.972. The van der Waals surface area contributed by atoms with Crippen LogP contribution in [0.3, 0.4) is 0 Å². The number of hydrogen-bond donors (Lipinski definition) is 1. The second-order valence-corrected chi connectivity index (χ2v) is 1.89. The smallest absolute Gasteiger partial charge is 0.164 e. The van der Waals surface area contributed by atoms with Gasteiger partial charge in [0.05, 0.1) is 0 Å². The fourth-order valence-electron chi connectivity index (χ4n) is 0.362. The summed E-state index contributed by atoms with van der Waals surface area (Å²) < 4.78 is 0. The zero-order chi connectivity index (χ0) is 7.11. The fraction of sp³-hybridized carbons (Fsp3) is 0.500. The van der Waals surface area contributed by atoms with E-state index in [1.165, 1.54) is 0 Å². The zero-order valence-electron chi connectivity index (χ0n) is 6.01. The van der Waals surface area contributed by atoms with Gasteiger partial charge in [-0.25, -0.2) is 4.98 Å². The van der Waals surface area contributed by atoms with Crippen LogP contribution in [-0.2, 0) is 0 Å². The van der Waals surface area contributed by atoms with E-state index in [-0.39, 0.29) is 0 Å². The van der Waals surface area contributed by atoms with Crippen LogP contribution in [0.2, 0.25) is 0 Å². The maximum Gasteiger partial charge on any atom is 0.164 e. The average Bonchev–Trinajstić information content (AvgIpc) is 2.43. The highest BCUT2D eigenvalue weighted by molar-refractivity contribution is 7.98. The topological polar surface area (TPSA) is 28.7 Å². The fourth-order valence-corrected chi connectivity index (χ4v) is 0.715. The third-order valence-corrected chi connectivity index (χ3v) is 1.28. The Morgan fingerprint density at radius 3 is 2.44 bits per heavy atom. The van der Waals surface area contributed by atoms with Crippen LogP contribution in [-0.4, -0.2) is 16.2 Å². The van der Waals surface area contributed by atoms with Crippen LogP contribution in [0.25, 0.3) is 0 Å². The van der Waals surface area contributed by atoms with Crippen molar-refractivity contribution in [2.75, 3.05) is 6.26 Å². The maximum atomic E-state index is 3.94. The summed E-state index contributed by atoms with van der Waals surface area (Å²) in [6, 6.07) is 0. The van der Waals surface area contributed by atoms with E-state index in [1.54, 1.807) is 18.0 Å². The molecule has 1 N–H and O–H groups in total. The number of aromatic nitrogens is 2. The molecule has 0 atom stereocenters. The van der Waals surface area contributed by atoms with E-state index in [4.69, 9.17) is 0 Å². The molecule has 9 heavy (non-hydrogen) atoms. The molecule has 0 saturated heterocycles. The molecule has 1 aromatic heterocycles. The molecule has 1 rings (SSSR count). The van der Waals surface area contributed by atoms with Gasteiger partial charge >= 0.3 is 0 Å². The van der Waals surface area contributed by atoms with Gasteiger partial charge in [0.25, 0.3) is 0 Å². The van der Waals surface area contributed by atoms with Gasteiger partial charge in [0, 0.05) is 12.4 Å². The predicted octanol–water partition coefficient (Wildman–Crippen LogP) is 2.16. The van der Waals surface area contributed by atoms with Gasteiger partial charge in [0.15, 0.2) is 5.16 Å². The number of nitrogens with zero attached hydrogens (tertiary/aromatic N) is 1. The summed E-state index contributed by atoms with van der Waals surface area (Å²) in [7, 11) is 0. The highest BCUT2D eigenvalue weighted by atomic mass is 32.2. The quantitative estimate of drug-likeness (QED) is 0.612.